The third kappa shape index (κ3) is 2.21. The van der Waals surface area contributed by atoms with Crippen molar-refractivity contribution in [3.05, 3.63) is 35.4 Å². The van der Waals surface area contributed by atoms with Gasteiger partial charge in [-0.15, -0.1) is 0 Å². The van der Waals surface area contributed by atoms with Crippen LogP contribution in [0.25, 0.3) is 0 Å². The Balaban J connectivity index is 1.65. The van der Waals surface area contributed by atoms with Crippen LogP contribution in [0.5, 0.6) is 0 Å². The topological polar surface area (TPSA) is 35.2 Å². The van der Waals surface area contributed by atoms with Gasteiger partial charge in [0.2, 0.25) is 0 Å². The Hall–Kier alpha value is -0.860. The molecule has 2 heteroatoms. The molecule has 2 nitrogen and oxygen atoms in total. The lowest BCUT2D eigenvalue weighted by Crippen LogP contribution is -2.40. The Morgan fingerprint density at radius 2 is 1.95 bits per heavy atom. The normalized spacial score (nSPS) is 38.6. The minimum absolute atomic E-state index is 0.258. The van der Waals surface area contributed by atoms with Gasteiger partial charge in [-0.25, -0.2) is 0 Å². The molecule has 0 amide bonds. The maximum Gasteiger partial charge on any atom is 0.0597 e. The largest absolute Gasteiger partial charge is 0.375 e. The van der Waals surface area contributed by atoms with Crippen molar-refractivity contribution in [3.8, 4) is 0 Å². The highest BCUT2D eigenvalue weighted by Crippen LogP contribution is 2.41. The molecule has 0 aromatic heterocycles. The SMILES string of the molecule is CC1OC(C)C(C(N)CC2Cc3ccccc32)C1C. The van der Waals surface area contributed by atoms with Crippen molar-refractivity contribution in [1.29, 1.82) is 0 Å². The lowest BCUT2D eigenvalue weighted by Gasteiger charge is -2.35. The van der Waals surface area contributed by atoms with Crippen LogP contribution in [-0.4, -0.2) is 18.2 Å². The Kier molecular flexibility index (Phi) is 3.40. The minimum Gasteiger partial charge on any atom is -0.375 e. The number of ether oxygens (including phenoxy) is 1. The standard InChI is InChI=1S/C17H25NO/c1-10-11(2)19-12(3)17(10)16(18)9-14-8-13-6-4-5-7-15(13)14/h4-7,10-12,14,16-17H,8-9,18H2,1-3H3. The number of fused-ring (bicyclic) bond motifs is 1. The molecule has 2 aliphatic rings. The monoisotopic (exact) mass is 259 g/mol. The number of hydrogen-bond acceptors (Lipinski definition) is 2. The van der Waals surface area contributed by atoms with Gasteiger partial charge >= 0.3 is 0 Å². The van der Waals surface area contributed by atoms with Crippen LogP contribution < -0.4 is 5.73 Å². The van der Waals surface area contributed by atoms with Gasteiger partial charge in [-0.05, 0) is 49.7 Å². The van der Waals surface area contributed by atoms with Crippen LogP contribution >= 0.6 is 0 Å². The molecule has 1 fully saturated rings. The quantitative estimate of drug-likeness (QED) is 0.905. The third-order valence-corrected chi connectivity index (χ3v) is 5.33. The van der Waals surface area contributed by atoms with Crippen molar-refractivity contribution < 1.29 is 4.74 Å². The zero-order valence-electron chi connectivity index (χ0n) is 12.2. The van der Waals surface area contributed by atoms with Gasteiger partial charge < -0.3 is 10.5 Å². The van der Waals surface area contributed by atoms with Crippen molar-refractivity contribution in [2.45, 2.75) is 57.8 Å². The Morgan fingerprint density at radius 1 is 1.21 bits per heavy atom. The molecule has 1 heterocycles. The van der Waals surface area contributed by atoms with Crippen molar-refractivity contribution >= 4 is 0 Å². The summed E-state index contributed by atoms with van der Waals surface area (Å²) >= 11 is 0. The van der Waals surface area contributed by atoms with E-state index in [1.165, 1.54) is 17.5 Å². The average molecular weight is 259 g/mol. The van der Waals surface area contributed by atoms with Crippen LogP contribution in [-0.2, 0) is 11.2 Å². The van der Waals surface area contributed by atoms with E-state index in [2.05, 4.69) is 45.0 Å². The molecule has 0 saturated carbocycles. The molecule has 3 rings (SSSR count). The van der Waals surface area contributed by atoms with E-state index in [4.69, 9.17) is 10.5 Å². The molecule has 1 aromatic carbocycles. The average Bonchev–Trinajstić information content (AvgIpc) is 2.60. The van der Waals surface area contributed by atoms with Gasteiger partial charge in [-0.2, -0.15) is 0 Å². The summed E-state index contributed by atoms with van der Waals surface area (Å²) < 4.78 is 5.93. The predicted octanol–water partition coefficient (Wildman–Crippen LogP) is 3.10. The molecule has 1 aliphatic carbocycles. The molecule has 6 unspecified atom stereocenters. The summed E-state index contributed by atoms with van der Waals surface area (Å²) in [7, 11) is 0. The van der Waals surface area contributed by atoms with E-state index >= 15 is 0 Å². The molecule has 19 heavy (non-hydrogen) atoms. The molecule has 0 bridgehead atoms. The van der Waals surface area contributed by atoms with Crippen LogP contribution in [0, 0.1) is 11.8 Å². The van der Waals surface area contributed by atoms with Crippen molar-refractivity contribution in [2.75, 3.05) is 0 Å². The first-order chi connectivity index (χ1) is 9.08. The second kappa shape index (κ2) is 4.92. The molecule has 1 aromatic rings. The smallest absolute Gasteiger partial charge is 0.0597 e. The van der Waals surface area contributed by atoms with Gasteiger partial charge in [0.25, 0.3) is 0 Å². The highest BCUT2D eigenvalue weighted by atomic mass is 16.5. The number of rotatable bonds is 3. The summed E-state index contributed by atoms with van der Waals surface area (Å²) in [6.45, 7) is 6.64. The number of benzene rings is 1. The van der Waals surface area contributed by atoms with Crippen LogP contribution in [0.2, 0.25) is 0 Å². The maximum atomic E-state index is 6.51. The number of nitrogens with two attached hydrogens (primary N) is 1. The van der Waals surface area contributed by atoms with E-state index in [1.807, 2.05) is 0 Å². The first-order valence-corrected chi connectivity index (χ1v) is 7.56. The molecule has 104 valence electrons. The summed E-state index contributed by atoms with van der Waals surface area (Å²) in [4.78, 5) is 0. The summed E-state index contributed by atoms with van der Waals surface area (Å²) in [5.74, 6) is 1.74. The first-order valence-electron chi connectivity index (χ1n) is 7.56. The van der Waals surface area contributed by atoms with Gasteiger partial charge in [0.1, 0.15) is 0 Å². The fraction of sp³-hybridized carbons (Fsp3) is 0.647. The minimum atomic E-state index is 0.258. The van der Waals surface area contributed by atoms with Gasteiger partial charge in [0.15, 0.2) is 0 Å². The van der Waals surface area contributed by atoms with Gasteiger partial charge in [-0.3, -0.25) is 0 Å². The van der Waals surface area contributed by atoms with Crippen LogP contribution in [0.4, 0.5) is 0 Å². The Bertz CT molecular complexity index is 458. The summed E-state index contributed by atoms with van der Waals surface area (Å²) in [6, 6.07) is 9.03. The molecule has 0 spiro atoms. The fourth-order valence-electron chi connectivity index (χ4n) is 4.09. The Labute approximate surface area is 116 Å². The zero-order valence-corrected chi connectivity index (χ0v) is 12.2. The maximum absolute atomic E-state index is 6.51. The molecule has 2 N–H and O–H groups in total. The molecular formula is C17H25NO. The van der Waals surface area contributed by atoms with E-state index in [1.54, 1.807) is 0 Å². The van der Waals surface area contributed by atoms with E-state index in [0.29, 0.717) is 30.0 Å². The van der Waals surface area contributed by atoms with Gasteiger partial charge in [0, 0.05) is 12.0 Å². The second-order valence-corrected chi connectivity index (χ2v) is 6.48. The molecule has 6 atom stereocenters. The highest BCUT2D eigenvalue weighted by molar-refractivity contribution is 5.39. The lowest BCUT2D eigenvalue weighted by atomic mass is 9.71. The van der Waals surface area contributed by atoms with E-state index in [0.717, 1.165) is 6.42 Å². The van der Waals surface area contributed by atoms with Gasteiger partial charge in [0.05, 0.1) is 12.2 Å². The molecule has 1 aliphatic heterocycles. The van der Waals surface area contributed by atoms with E-state index in [9.17, 15) is 0 Å². The summed E-state index contributed by atoms with van der Waals surface area (Å²) in [5.41, 5.74) is 9.54. The fourth-order valence-corrected chi connectivity index (χ4v) is 4.09. The second-order valence-electron chi connectivity index (χ2n) is 6.48. The molecule has 1 saturated heterocycles. The molecule has 0 radical (unpaired) electrons. The summed E-state index contributed by atoms with van der Waals surface area (Å²) in [6.07, 6.45) is 2.96. The Morgan fingerprint density at radius 3 is 2.58 bits per heavy atom. The van der Waals surface area contributed by atoms with Crippen molar-refractivity contribution in [3.63, 3.8) is 0 Å². The molecular weight excluding hydrogens is 234 g/mol. The highest BCUT2D eigenvalue weighted by Gasteiger charge is 2.41. The van der Waals surface area contributed by atoms with Crippen LogP contribution in [0.15, 0.2) is 24.3 Å². The lowest BCUT2D eigenvalue weighted by molar-refractivity contribution is 0.0484. The van der Waals surface area contributed by atoms with E-state index in [-0.39, 0.29) is 6.04 Å². The third-order valence-electron chi connectivity index (χ3n) is 5.33. The van der Waals surface area contributed by atoms with Crippen molar-refractivity contribution in [1.82, 2.24) is 0 Å². The van der Waals surface area contributed by atoms with Crippen LogP contribution in [0.1, 0.15) is 44.2 Å². The van der Waals surface area contributed by atoms with E-state index < -0.39 is 0 Å². The zero-order chi connectivity index (χ0) is 13.6. The van der Waals surface area contributed by atoms with Crippen LogP contribution in [0.3, 0.4) is 0 Å². The van der Waals surface area contributed by atoms with Crippen molar-refractivity contribution in [2.24, 2.45) is 17.6 Å². The number of hydrogen-bond donors (Lipinski definition) is 1. The summed E-state index contributed by atoms with van der Waals surface area (Å²) in [5, 5.41) is 0. The predicted molar refractivity (Wildman–Crippen MR) is 78.1 cm³/mol. The first kappa shape index (κ1) is 13.1. The van der Waals surface area contributed by atoms with Gasteiger partial charge in [-0.1, -0.05) is 31.2 Å².